The van der Waals surface area contributed by atoms with E-state index in [9.17, 15) is 19.5 Å². The summed E-state index contributed by atoms with van der Waals surface area (Å²) in [7, 11) is 0. The van der Waals surface area contributed by atoms with Crippen LogP contribution in [0.5, 0.6) is 0 Å². The molecular weight excluding hydrogens is 250 g/mol. The minimum absolute atomic E-state index is 0.155. The standard InChI is InChI=1S/C12H15N3O4/c1-4-9(16)13-7-14(10(17)5-2)12(19)15(8-13)11(18)6-3/h4-6,12,19H,1-3,7-8H2. The molecule has 0 spiro atoms. The van der Waals surface area contributed by atoms with Gasteiger partial charge in [0.15, 0.2) is 0 Å². The fraction of sp³-hybridized carbons (Fsp3) is 0.250. The van der Waals surface area contributed by atoms with Gasteiger partial charge in [0, 0.05) is 0 Å². The lowest BCUT2D eigenvalue weighted by molar-refractivity contribution is -0.194. The molecule has 1 aliphatic heterocycles. The van der Waals surface area contributed by atoms with Crippen molar-refractivity contribution >= 4 is 17.7 Å². The van der Waals surface area contributed by atoms with Crippen molar-refractivity contribution < 1.29 is 19.5 Å². The van der Waals surface area contributed by atoms with E-state index in [1.165, 1.54) is 4.90 Å². The number of nitrogens with zero attached hydrogens (tertiary/aromatic N) is 3. The maximum absolute atomic E-state index is 11.6. The predicted molar refractivity (Wildman–Crippen MR) is 66.9 cm³/mol. The molecule has 0 aromatic heterocycles. The van der Waals surface area contributed by atoms with Crippen LogP contribution in [0.25, 0.3) is 0 Å². The van der Waals surface area contributed by atoms with Crippen molar-refractivity contribution in [2.75, 3.05) is 13.3 Å². The second-order valence-corrected chi connectivity index (χ2v) is 3.74. The minimum atomic E-state index is -1.47. The third-order valence-electron chi connectivity index (χ3n) is 2.61. The molecule has 1 fully saturated rings. The van der Waals surface area contributed by atoms with Crippen LogP contribution in [0.2, 0.25) is 0 Å². The second kappa shape index (κ2) is 5.96. The van der Waals surface area contributed by atoms with Crippen LogP contribution in [0, 0.1) is 0 Å². The van der Waals surface area contributed by atoms with Crippen molar-refractivity contribution in [3.63, 3.8) is 0 Å². The van der Waals surface area contributed by atoms with E-state index in [0.29, 0.717) is 0 Å². The molecule has 102 valence electrons. The fourth-order valence-electron chi connectivity index (χ4n) is 1.60. The van der Waals surface area contributed by atoms with E-state index in [1.54, 1.807) is 0 Å². The minimum Gasteiger partial charge on any atom is -0.356 e. The van der Waals surface area contributed by atoms with Gasteiger partial charge in [0.05, 0.1) is 0 Å². The van der Waals surface area contributed by atoms with Gasteiger partial charge >= 0.3 is 0 Å². The Hall–Kier alpha value is -2.41. The van der Waals surface area contributed by atoms with Crippen LogP contribution in [0.15, 0.2) is 38.0 Å². The van der Waals surface area contributed by atoms with Crippen molar-refractivity contribution in [2.24, 2.45) is 0 Å². The molecule has 1 heterocycles. The van der Waals surface area contributed by atoms with Crippen LogP contribution in [0.4, 0.5) is 0 Å². The lowest BCUT2D eigenvalue weighted by Gasteiger charge is -2.44. The third-order valence-corrected chi connectivity index (χ3v) is 2.61. The SMILES string of the molecule is C=CC(=O)N1CN(C(=O)C=C)C(O)N(C(=O)C=C)C1. The number of aliphatic hydroxyl groups is 1. The van der Waals surface area contributed by atoms with E-state index in [1.807, 2.05) is 0 Å². The van der Waals surface area contributed by atoms with E-state index >= 15 is 0 Å². The first-order valence-electron chi connectivity index (χ1n) is 5.41. The van der Waals surface area contributed by atoms with Crippen molar-refractivity contribution in [1.82, 2.24) is 14.7 Å². The molecule has 7 nitrogen and oxygen atoms in total. The van der Waals surface area contributed by atoms with Crippen LogP contribution in [-0.2, 0) is 14.4 Å². The number of carbonyl (C=O) groups is 3. The van der Waals surface area contributed by atoms with Crippen LogP contribution in [0.3, 0.4) is 0 Å². The summed E-state index contributed by atoms with van der Waals surface area (Å²) in [5.74, 6) is -1.66. The van der Waals surface area contributed by atoms with Gasteiger partial charge in [-0.25, -0.2) is 0 Å². The monoisotopic (exact) mass is 265 g/mol. The number of carbonyl (C=O) groups excluding carboxylic acids is 3. The molecule has 1 aliphatic rings. The highest BCUT2D eigenvalue weighted by atomic mass is 16.3. The Bertz CT molecular complexity index is 416. The van der Waals surface area contributed by atoms with Crippen molar-refractivity contribution in [3.8, 4) is 0 Å². The maximum atomic E-state index is 11.6. The topological polar surface area (TPSA) is 81.2 Å². The largest absolute Gasteiger partial charge is 0.356 e. The molecule has 0 bridgehead atoms. The summed E-state index contributed by atoms with van der Waals surface area (Å²) in [6, 6.07) is 0. The molecule has 7 heteroatoms. The summed E-state index contributed by atoms with van der Waals surface area (Å²) in [6.45, 7) is 9.63. The number of hydrogen-bond donors (Lipinski definition) is 1. The zero-order valence-electron chi connectivity index (χ0n) is 10.4. The molecule has 1 rings (SSSR count). The molecule has 0 saturated carbocycles. The molecule has 0 aromatic rings. The molecule has 19 heavy (non-hydrogen) atoms. The first-order chi connectivity index (χ1) is 8.96. The number of rotatable bonds is 3. The highest BCUT2D eigenvalue weighted by Crippen LogP contribution is 2.15. The highest BCUT2D eigenvalue weighted by molar-refractivity contribution is 5.92. The van der Waals surface area contributed by atoms with Gasteiger partial charge < -0.3 is 10.0 Å². The first-order valence-corrected chi connectivity index (χ1v) is 5.41. The Morgan fingerprint density at radius 3 is 1.58 bits per heavy atom. The van der Waals surface area contributed by atoms with Crippen molar-refractivity contribution in [1.29, 1.82) is 0 Å². The van der Waals surface area contributed by atoms with E-state index < -0.39 is 24.1 Å². The summed E-state index contributed by atoms with van der Waals surface area (Å²) < 4.78 is 0. The molecule has 1 saturated heterocycles. The molecule has 0 aliphatic carbocycles. The average Bonchev–Trinajstić information content (AvgIpc) is 2.44. The quantitative estimate of drug-likeness (QED) is 0.680. The van der Waals surface area contributed by atoms with Gasteiger partial charge in [-0.3, -0.25) is 24.2 Å². The van der Waals surface area contributed by atoms with Gasteiger partial charge in [-0.15, -0.1) is 0 Å². The third kappa shape index (κ3) is 2.89. The Morgan fingerprint density at radius 1 is 0.895 bits per heavy atom. The molecule has 1 N–H and O–H groups in total. The Balaban J connectivity index is 3.06. The van der Waals surface area contributed by atoms with Crippen LogP contribution in [0.1, 0.15) is 0 Å². The maximum Gasteiger partial charge on any atom is 0.250 e. The molecule has 0 radical (unpaired) electrons. The molecule has 0 aromatic carbocycles. The van der Waals surface area contributed by atoms with Gasteiger partial charge in [-0.1, -0.05) is 19.7 Å². The van der Waals surface area contributed by atoms with Gasteiger partial charge in [-0.05, 0) is 18.2 Å². The van der Waals surface area contributed by atoms with Gasteiger partial charge in [0.1, 0.15) is 13.3 Å². The fourth-order valence-corrected chi connectivity index (χ4v) is 1.60. The smallest absolute Gasteiger partial charge is 0.250 e. The Kier molecular flexibility index (Phi) is 4.60. The Labute approximate surface area is 110 Å². The second-order valence-electron chi connectivity index (χ2n) is 3.74. The summed E-state index contributed by atoms with van der Waals surface area (Å²) in [6.07, 6.45) is 1.57. The molecular formula is C12H15N3O4. The van der Waals surface area contributed by atoms with Crippen LogP contribution >= 0.6 is 0 Å². The zero-order chi connectivity index (χ0) is 14.6. The molecule has 3 amide bonds. The number of aliphatic hydroxyl groups excluding tert-OH is 1. The van der Waals surface area contributed by atoms with Crippen molar-refractivity contribution in [2.45, 2.75) is 6.35 Å². The molecule has 0 unspecified atom stereocenters. The first kappa shape index (κ1) is 14.7. The van der Waals surface area contributed by atoms with Gasteiger partial charge in [0.25, 0.3) is 11.8 Å². The highest BCUT2D eigenvalue weighted by Gasteiger charge is 2.36. The summed E-state index contributed by atoms with van der Waals surface area (Å²) in [5.41, 5.74) is 0. The lowest BCUT2D eigenvalue weighted by atomic mass is 10.3. The number of amides is 3. The summed E-state index contributed by atoms with van der Waals surface area (Å²) in [5, 5.41) is 9.95. The van der Waals surface area contributed by atoms with E-state index in [4.69, 9.17) is 0 Å². The van der Waals surface area contributed by atoms with E-state index in [-0.39, 0.29) is 13.3 Å². The Morgan fingerprint density at radius 2 is 1.26 bits per heavy atom. The molecule has 0 atom stereocenters. The predicted octanol–water partition coefficient (Wildman–Crippen LogP) is -0.765. The number of hydrogen-bond acceptors (Lipinski definition) is 4. The summed E-state index contributed by atoms with van der Waals surface area (Å²) >= 11 is 0. The summed E-state index contributed by atoms with van der Waals surface area (Å²) in [4.78, 5) is 37.8. The van der Waals surface area contributed by atoms with E-state index in [0.717, 1.165) is 28.0 Å². The van der Waals surface area contributed by atoms with Crippen LogP contribution in [-0.4, -0.2) is 57.2 Å². The van der Waals surface area contributed by atoms with E-state index in [2.05, 4.69) is 19.7 Å². The zero-order valence-corrected chi connectivity index (χ0v) is 10.4. The van der Waals surface area contributed by atoms with Crippen molar-refractivity contribution in [3.05, 3.63) is 38.0 Å². The average molecular weight is 265 g/mol. The normalized spacial score (nSPS) is 15.9. The van der Waals surface area contributed by atoms with Gasteiger partial charge in [0.2, 0.25) is 12.3 Å². The lowest BCUT2D eigenvalue weighted by Crippen LogP contribution is -2.64. The van der Waals surface area contributed by atoms with Crippen LogP contribution < -0.4 is 0 Å². The van der Waals surface area contributed by atoms with Gasteiger partial charge in [-0.2, -0.15) is 0 Å².